The normalized spacial score (nSPS) is 14.6. The van der Waals surface area contributed by atoms with Crippen molar-refractivity contribution >= 4 is 33.3 Å². The fourth-order valence-corrected chi connectivity index (χ4v) is 5.21. The van der Waals surface area contributed by atoms with E-state index in [1.807, 2.05) is 42.5 Å². The van der Waals surface area contributed by atoms with Crippen molar-refractivity contribution in [2.24, 2.45) is 0 Å². The van der Waals surface area contributed by atoms with Gasteiger partial charge in [-0.15, -0.1) is 11.3 Å². The van der Waals surface area contributed by atoms with Crippen LogP contribution in [0, 0.1) is 0 Å². The molecule has 0 aliphatic carbocycles. The van der Waals surface area contributed by atoms with E-state index in [0.717, 1.165) is 40.3 Å². The molecule has 0 spiro atoms. The van der Waals surface area contributed by atoms with E-state index in [0.29, 0.717) is 31.1 Å². The highest BCUT2D eigenvalue weighted by atomic mass is 32.1. The zero-order chi connectivity index (χ0) is 25.1. The summed E-state index contributed by atoms with van der Waals surface area (Å²) >= 11 is 1.59. The molecule has 0 bridgehead atoms. The van der Waals surface area contributed by atoms with Crippen LogP contribution in [0.1, 0.15) is 42.5 Å². The summed E-state index contributed by atoms with van der Waals surface area (Å²) in [4.78, 5) is 25.9. The largest absolute Gasteiger partial charge is 0.379 e. The Morgan fingerprint density at radius 3 is 2.44 bits per heavy atom. The van der Waals surface area contributed by atoms with Crippen molar-refractivity contribution in [3.05, 3.63) is 76.9 Å². The number of carbonyl (C=O) groups is 1. The molecule has 0 atom stereocenters. The second-order valence-corrected chi connectivity index (χ2v) is 10.8. The highest BCUT2D eigenvalue weighted by Crippen LogP contribution is 2.37. The molecule has 2 aromatic heterocycles. The molecule has 1 aliphatic rings. The van der Waals surface area contributed by atoms with Crippen molar-refractivity contribution in [3.8, 4) is 11.1 Å². The monoisotopic (exact) mass is 501 g/mol. The number of nitrogens with one attached hydrogen (secondary N) is 2. The first-order valence-corrected chi connectivity index (χ1v) is 13.1. The van der Waals surface area contributed by atoms with Crippen LogP contribution < -0.4 is 10.9 Å². The van der Waals surface area contributed by atoms with Gasteiger partial charge in [-0.25, -0.2) is 9.97 Å². The summed E-state index contributed by atoms with van der Waals surface area (Å²) in [7, 11) is 0. The van der Waals surface area contributed by atoms with Gasteiger partial charge < -0.3 is 4.74 Å². The van der Waals surface area contributed by atoms with E-state index < -0.39 is 0 Å². The SMILES string of the molecule is CC(C)(C)c1ccc(C(=O)NNc2nc(CN3CCOCC3)nc3scc(-c4ccccc4)c23)cc1. The van der Waals surface area contributed by atoms with E-state index in [-0.39, 0.29) is 11.3 Å². The van der Waals surface area contributed by atoms with E-state index in [1.54, 1.807) is 11.3 Å². The number of thiophene rings is 1. The minimum atomic E-state index is -0.214. The summed E-state index contributed by atoms with van der Waals surface area (Å²) in [6, 6.07) is 17.9. The molecule has 1 fully saturated rings. The Morgan fingerprint density at radius 2 is 1.75 bits per heavy atom. The maximum Gasteiger partial charge on any atom is 0.269 e. The number of hydrogen-bond acceptors (Lipinski definition) is 7. The van der Waals surface area contributed by atoms with Gasteiger partial charge in [0.25, 0.3) is 5.91 Å². The lowest BCUT2D eigenvalue weighted by Crippen LogP contribution is -2.36. The van der Waals surface area contributed by atoms with E-state index >= 15 is 0 Å². The Bertz CT molecular complexity index is 1340. The number of fused-ring (bicyclic) bond motifs is 1. The van der Waals surface area contributed by atoms with Crippen molar-refractivity contribution < 1.29 is 9.53 Å². The van der Waals surface area contributed by atoms with Crippen LogP contribution in [-0.2, 0) is 16.7 Å². The second-order valence-electron chi connectivity index (χ2n) is 9.98. The molecule has 7 nitrogen and oxygen atoms in total. The maximum atomic E-state index is 13.0. The van der Waals surface area contributed by atoms with Crippen molar-refractivity contribution in [1.82, 2.24) is 20.3 Å². The first-order valence-electron chi connectivity index (χ1n) is 12.2. The maximum absolute atomic E-state index is 13.0. The summed E-state index contributed by atoms with van der Waals surface area (Å²) in [5.74, 6) is 1.11. The molecule has 2 aromatic carbocycles. The molecule has 36 heavy (non-hydrogen) atoms. The van der Waals surface area contributed by atoms with E-state index in [4.69, 9.17) is 14.7 Å². The molecular weight excluding hydrogens is 470 g/mol. The van der Waals surface area contributed by atoms with Crippen LogP contribution in [0.2, 0.25) is 0 Å². The van der Waals surface area contributed by atoms with Gasteiger partial charge >= 0.3 is 0 Å². The quantitative estimate of drug-likeness (QED) is 0.352. The molecule has 2 N–H and O–H groups in total. The number of carbonyl (C=O) groups excluding carboxylic acids is 1. The Balaban J connectivity index is 1.44. The molecule has 4 aromatic rings. The third-order valence-electron chi connectivity index (χ3n) is 6.34. The fraction of sp³-hybridized carbons (Fsp3) is 0.321. The average molecular weight is 502 g/mol. The third-order valence-corrected chi connectivity index (χ3v) is 7.21. The number of benzene rings is 2. The Hall–Kier alpha value is -3.33. The second kappa shape index (κ2) is 10.3. The van der Waals surface area contributed by atoms with Gasteiger partial charge in [0.05, 0.1) is 25.1 Å². The molecule has 0 saturated carbocycles. The van der Waals surface area contributed by atoms with E-state index in [2.05, 4.69) is 54.0 Å². The Labute approximate surface area is 215 Å². The summed E-state index contributed by atoms with van der Waals surface area (Å²) < 4.78 is 5.48. The number of anilines is 1. The van der Waals surface area contributed by atoms with Gasteiger partial charge in [-0.05, 0) is 28.7 Å². The van der Waals surface area contributed by atoms with Gasteiger partial charge in [0.1, 0.15) is 10.7 Å². The fourth-order valence-electron chi connectivity index (χ4n) is 4.25. The molecule has 186 valence electrons. The van der Waals surface area contributed by atoms with Crippen LogP contribution in [0.15, 0.2) is 60.0 Å². The van der Waals surface area contributed by atoms with Crippen LogP contribution >= 0.6 is 11.3 Å². The van der Waals surface area contributed by atoms with Crippen LogP contribution in [0.3, 0.4) is 0 Å². The summed E-state index contributed by atoms with van der Waals surface area (Å²) in [6.45, 7) is 10.2. The minimum Gasteiger partial charge on any atom is -0.379 e. The number of morpholine rings is 1. The summed E-state index contributed by atoms with van der Waals surface area (Å²) in [6.07, 6.45) is 0. The molecule has 1 aliphatic heterocycles. The first-order chi connectivity index (χ1) is 17.4. The highest BCUT2D eigenvalue weighted by molar-refractivity contribution is 7.17. The van der Waals surface area contributed by atoms with Crippen LogP contribution in [0.4, 0.5) is 5.82 Å². The lowest BCUT2D eigenvalue weighted by molar-refractivity contribution is 0.0331. The number of nitrogens with zero attached hydrogens (tertiary/aromatic N) is 3. The van der Waals surface area contributed by atoms with Gasteiger partial charge in [0.15, 0.2) is 5.82 Å². The number of hydrazine groups is 1. The molecular formula is C28H31N5O2S. The zero-order valence-electron chi connectivity index (χ0n) is 20.9. The van der Waals surface area contributed by atoms with Crippen LogP contribution in [0.25, 0.3) is 21.3 Å². The third kappa shape index (κ3) is 5.41. The van der Waals surface area contributed by atoms with Crippen molar-refractivity contribution in [1.29, 1.82) is 0 Å². The molecule has 1 saturated heterocycles. The topological polar surface area (TPSA) is 79.4 Å². The van der Waals surface area contributed by atoms with E-state index in [9.17, 15) is 4.79 Å². The van der Waals surface area contributed by atoms with Crippen LogP contribution in [-0.4, -0.2) is 47.1 Å². The Kier molecular flexibility index (Phi) is 7.00. The van der Waals surface area contributed by atoms with Crippen LogP contribution in [0.5, 0.6) is 0 Å². The predicted octanol–water partition coefficient (Wildman–Crippen LogP) is 5.24. The minimum absolute atomic E-state index is 0.0312. The smallest absolute Gasteiger partial charge is 0.269 e. The van der Waals surface area contributed by atoms with Crippen molar-refractivity contribution in [2.75, 3.05) is 31.7 Å². The van der Waals surface area contributed by atoms with Gasteiger partial charge in [0, 0.05) is 29.6 Å². The summed E-state index contributed by atoms with van der Waals surface area (Å²) in [5.41, 5.74) is 9.90. The molecule has 0 unspecified atom stereocenters. The van der Waals surface area contributed by atoms with Gasteiger partial charge in [-0.3, -0.25) is 20.5 Å². The predicted molar refractivity (Wildman–Crippen MR) is 145 cm³/mol. The number of aromatic nitrogens is 2. The highest BCUT2D eigenvalue weighted by Gasteiger charge is 2.19. The van der Waals surface area contributed by atoms with Crippen molar-refractivity contribution in [3.63, 3.8) is 0 Å². The number of ether oxygens (including phenoxy) is 1. The first kappa shape index (κ1) is 24.4. The van der Waals surface area contributed by atoms with Gasteiger partial charge in [-0.1, -0.05) is 63.2 Å². The number of rotatable bonds is 6. The lowest BCUT2D eigenvalue weighted by Gasteiger charge is -2.25. The van der Waals surface area contributed by atoms with E-state index in [1.165, 1.54) is 5.56 Å². The standard InChI is InChI=1S/C28H31N5O2S/c1-28(2,3)21-11-9-20(10-12-21)26(34)32-31-25-24-22(19-7-5-4-6-8-19)18-36-27(24)30-23(29-25)17-33-13-15-35-16-14-33/h4-12,18H,13-17H2,1-3H3,(H,32,34)(H,29,30,31). The van der Waals surface area contributed by atoms with Gasteiger partial charge in [0.2, 0.25) is 0 Å². The summed E-state index contributed by atoms with van der Waals surface area (Å²) in [5, 5.41) is 3.01. The number of hydrogen-bond donors (Lipinski definition) is 2. The molecule has 0 radical (unpaired) electrons. The Morgan fingerprint density at radius 1 is 1.03 bits per heavy atom. The van der Waals surface area contributed by atoms with Crippen molar-refractivity contribution in [2.45, 2.75) is 32.7 Å². The average Bonchev–Trinajstić information content (AvgIpc) is 3.32. The van der Waals surface area contributed by atoms with Gasteiger partial charge in [-0.2, -0.15) is 0 Å². The molecule has 3 heterocycles. The lowest BCUT2D eigenvalue weighted by atomic mass is 9.87. The molecule has 1 amide bonds. The molecule has 8 heteroatoms. The number of amides is 1. The zero-order valence-corrected chi connectivity index (χ0v) is 21.7. The molecule has 5 rings (SSSR count).